The first-order chi connectivity index (χ1) is 11.7. The Morgan fingerprint density at radius 3 is 2.75 bits per heavy atom. The number of hydrogen-bond donors (Lipinski definition) is 0. The van der Waals surface area contributed by atoms with Crippen LogP contribution in [0.5, 0.6) is 0 Å². The highest BCUT2D eigenvalue weighted by molar-refractivity contribution is 9.10. The van der Waals surface area contributed by atoms with Crippen LogP contribution in [0, 0.1) is 0 Å². The first-order valence-electron chi connectivity index (χ1n) is 7.93. The molecule has 0 radical (unpaired) electrons. The molecule has 0 saturated carbocycles. The minimum Gasteiger partial charge on any atom is -0.268 e. The molecule has 4 aromatic rings. The summed E-state index contributed by atoms with van der Waals surface area (Å²) < 4.78 is 2.82. The van der Waals surface area contributed by atoms with Crippen molar-refractivity contribution in [3.63, 3.8) is 0 Å². The van der Waals surface area contributed by atoms with Crippen LogP contribution in [0.1, 0.15) is 23.3 Å². The number of thiophene rings is 1. The van der Waals surface area contributed by atoms with Crippen LogP contribution in [0.3, 0.4) is 0 Å². The fourth-order valence-electron chi connectivity index (χ4n) is 3.46. The molecule has 0 bridgehead atoms. The lowest BCUT2D eigenvalue weighted by Gasteiger charge is -2.09. The zero-order valence-electron chi connectivity index (χ0n) is 12.7. The van der Waals surface area contributed by atoms with Crippen molar-refractivity contribution in [2.75, 3.05) is 0 Å². The van der Waals surface area contributed by atoms with Crippen molar-refractivity contribution in [3.8, 4) is 11.3 Å². The summed E-state index contributed by atoms with van der Waals surface area (Å²) in [4.78, 5) is 21.1. The number of nitrogens with zero attached hydrogens (tertiary/aromatic N) is 2. The summed E-state index contributed by atoms with van der Waals surface area (Å²) in [6.45, 7) is 0. The van der Waals surface area contributed by atoms with E-state index in [4.69, 9.17) is 4.98 Å². The van der Waals surface area contributed by atoms with Crippen LogP contribution in [-0.2, 0) is 12.8 Å². The minimum absolute atomic E-state index is 0.0913. The normalized spacial score (nSPS) is 14.4. The Hall–Kier alpha value is -1.50. The van der Waals surface area contributed by atoms with Gasteiger partial charge in [0, 0.05) is 14.7 Å². The second-order valence-electron chi connectivity index (χ2n) is 6.05. The molecule has 0 N–H and O–H groups in total. The average Bonchev–Trinajstić information content (AvgIpc) is 3.17. The number of aryl methyl sites for hydroxylation is 2. The molecule has 3 nitrogen and oxygen atoms in total. The second kappa shape index (κ2) is 5.51. The van der Waals surface area contributed by atoms with Gasteiger partial charge in [0.25, 0.3) is 5.56 Å². The Morgan fingerprint density at radius 1 is 1.12 bits per heavy atom. The number of benzene rings is 1. The van der Waals surface area contributed by atoms with Gasteiger partial charge in [0.05, 0.1) is 11.1 Å². The molecule has 0 spiro atoms. The minimum atomic E-state index is 0.0913. The topological polar surface area (TPSA) is 34.4 Å². The van der Waals surface area contributed by atoms with E-state index in [2.05, 4.69) is 15.9 Å². The fraction of sp³-hybridized carbons (Fsp3) is 0.222. The van der Waals surface area contributed by atoms with E-state index in [1.807, 2.05) is 29.6 Å². The molecule has 3 heterocycles. The molecular weight excluding hydrogens is 404 g/mol. The smallest absolute Gasteiger partial charge is 0.268 e. The van der Waals surface area contributed by atoms with E-state index in [9.17, 15) is 4.79 Å². The Morgan fingerprint density at radius 2 is 1.92 bits per heavy atom. The number of hydrogen-bond acceptors (Lipinski definition) is 4. The summed E-state index contributed by atoms with van der Waals surface area (Å²) in [5.41, 5.74) is 3.31. The third kappa shape index (κ3) is 2.13. The summed E-state index contributed by atoms with van der Waals surface area (Å²) in [7, 11) is 0. The van der Waals surface area contributed by atoms with Crippen LogP contribution >= 0.6 is 38.6 Å². The summed E-state index contributed by atoms with van der Waals surface area (Å²) in [5, 5.41) is 2.88. The molecule has 120 valence electrons. The third-order valence-electron chi connectivity index (χ3n) is 4.62. The zero-order valence-corrected chi connectivity index (χ0v) is 15.9. The Kier molecular flexibility index (Phi) is 3.40. The molecule has 0 aliphatic heterocycles. The van der Waals surface area contributed by atoms with Gasteiger partial charge < -0.3 is 0 Å². The molecule has 6 heteroatoms. The summed E-state index contributed by atoms with van der Waals surface area (Å²) >= 11 is 6.71. The number of thiazole rings is 1. The summed E-state index contributed by atoms with van der Waals surface area (Å²) in [6.07, 6.45) is 4.49. The van der Waals surface area contributed by atoms with Gasteiger partial charge in [0.1, 0.15) is 4.83 Å². The van der Waals surface area contributed by atoms with E-state index in [1.54, 1.807) is 15.7 Å². The van der Waals surface area contributed by atoms with Gasteiger partial charge >= 0.3 is 0 Å². The molecule has 3 aromatic heterocycles. The van der Waals surface area contributed by atoms with Crippen molar-refractivity contribution in [1.82, 2.24) is 9.38 Å². The van der Waals surface area contributed by atoms with Crippen molar-refractivity contribution >= 4 is 53.8 Å². The van der Waals surface area contributed by atoms with Crippen molar-refractivity contribution < 1.29 is 0 Å². The van der Waals surface area contributed by atoms with Gasteiger partial charge in [-0.25, -0.2) is 4.98 Å². The van der Waals surface area contributed by atoms with Crippen LogP contribution < -0.4 is 5.56 Å². The SMILES string of the molecule is O=c1c2c3c(sc2nc2scc(-c4ccc(Br)cc4)n12)CCCC3. The average molecular weight is 417 g/mol. The number of aromatic nitrogens is 2. The molecule has 0 fully saturated rings. The van der Waals surface area contributed by atoms with E-state index >= 15 is 0 Å². The van der Waals surface area contributed by atoms with Crippen molar-refractivity contribution in [2.45, 2.75) is 25.7 Å². The van der Waals surface area contributed by atoms with Crippen molar-refractivity contribution in [2.24, 2.45) is 0 Å². The van der Waals surface area contributed by atoms with Crippen molar-refractivity contribution in [3.05, 3.63) is 54.9 Å². The Labute approximate surface area is 154 Å². The molecule has 1 aliphatic rings. The molecular formula is C18H13BrN2OS2. The number of fused-ring (bicyclic) bond motifs is 4. The van der Waals surface area contributed by atoms with Gasteiger partial charge in [0.2, 0.25) is 0 Å². The highest BCUT2D eigenvalue weighted by Crippen LogP contribution is 2.35. The highest BCUT2D eigenvalue weighted by Gasteiger charge is 2.22. The van der Waals surface area contributed by atoms with E-state index in [1.165, 1.54) is 34.6 Å². The van der Waals surface area contributed by atoms with E-state index < -0.39 is 0 Å². The fourth-order valence-corrected chi connectivity index (χ4v) is 5.92. The first-order valence-corrected chi connectivity index (χ1v) is 10.4. The third-order valence-corrected chi connectivity index (χ3v) is 7.16. The Balaban J connectivity index is 1.85. The predicted molar refractivity (Wildman–Crippen MR) is 105 cm³/mol. The van der Waals surface area contributed by atoms with Gasteiger partial charge in [-0.2, -0.15) is 0 Å². The van der Waals surface area contributed by atoms with Gasteiger partial charge in [-0.3, -0.25) is 9.20 Å². The summed E-state index contributed by atoms with van der Waals surface area (Å²) in [5.74, 6) is 0. The molecule has 0 atom stereocenters. The maximum absolute atomic E-state index is 13.3. The van der Waals surface area contributed by atoms with Gasteiger partial charge in [-0.1, -0.05) is 28.1 Å². The predicted octanol–water partition coefficient (Wildman–Crippen LogP) is 5.28. The largest absolute Gasteiger partial charge is 0.268 e. The van der Waals surface area contributed by atoms with E-state index in [0.717, 1.165) is 43.7 Å². The molecule has 24 heavy (non-hydrogen) atoms. The second-order valence-corrected chi connectivity index (χ2v) is 8.89. The molecule has 1 aliphatic carbocycles. The first kappa shape index (κ1) is 14.8. The van der Waals surface area contributed by atoms with Crippen molar-refractivity contribution in [1.29, 1.82) is 0 Å². The van der Waals surface area contributed by atoms with Gasteiger partial charge in [-0.15, -0.1) is 22.7 Å². The molecule has 5 rings (SSSR count). The van der Waals surface area contributed by atoms with Gasteiger partial charge in [-0.05, 0) is 48.9 Å². The van der Waals surface area contributed by atoms with Crippen LogP contribution in [0.2, 0.25) is 0 Å². The lowest BCUT2D eigenvalue weighted by Crippen LogP contribution is -2.15. The summed E-state index contributed by atoms with van der Waals surface area (Å²) in [6, 6.07) is 8.07. The lowest BCUT2D eigenvalue weighted by atomic mass is 9.97. The van der Waals surface area contributed by atoms with Crippen LogP contribution in [0.15, 0.2) is 38.9 Å². The maximum atomic E-state index is 13.3. The van der Waals surface area contributed by atoms with E-state index in [-0.39, 0.29) is 5.56 Å². The van der Waals surface area contributed by atoms with Crippen LogP contribution in [0.25, 0.3) is 26.4 Å². The maximum Gasteiger partial charge on any atom is 0.268 e. The van der Waals surface area contributed by atoms with Crippen LogP contribution in [0.4, 0.5) is 0 Å². The Bertz CT molecular complexity index is 1140. The number of rotatable bonds is 1. The molecule has 1 aromatic carbocycles. The van der Waals surface area contributed by atoms with Gasteiger partial charge in [0.15, 0.2) is 4.96 Å². The standard InChI is InChI=1S/C18H13BrN2OS2/c19-11-7-5-10(6-8-11)13-9-23-18-20-16-15(17(22)21(13)18)12-3-1-2-4-14(12)24-16/h5-9H,1-4H2. The van der Waals surface area contributed by atoms with E-state index in [0.29, 0.717) is 0 Å². The number of halogens is 1. The monoisotopic (exact) mass is 416 g/mol. The lowest BCUT2D eigenvalue weighted by molar-refractivity contribution is 0.700. The molecule has 0 unspecified atom stereocenters. The molecule has 0 amide bonds. The zero-order chi connectivity index (χ0) is 16.3. The highest BCUT2D eigenvalue weighted by atomic mass is 79.9. The van der Waals surface area contributed by atoms with Crippen LogP contribution in [-0.4, -0.2) is 9.38 Å². The quantitative estimate of drug-likeness (QED) is 0.422. The molecule has 0 saturated heterocycles.